The van der Waals surface area contributed by atoms with E-state index in [1.54, 1.807) is 6.92 Å². The molecule has 0 amide bonds. The molecule has 1 aliphatic rings. The van der Waals surface area contributed by atoms with Gasteiger partial charge in [0.1, 0.15) is 10.8 Å². The predicted octanol–water partition coefficient (Wildman–Crippen LogP) is 3.00. The van der Waals surface area contributed by atoms with E-state index in [1.807, 2.05) is 0 Å². The first kappa shape index (κ1) is 10.7. The summed E-state index contributed by atoms with van der Waals surface area (Å²) in [4.78, 5) is 3.52. The highest BCUT2D eigenvalue weighted by Crippen LogP contribution is 2.42. The van der Waals surface area contributed by atoms with E-state index in [0.717, 1.165) is 12.3 Å². The molecule has 1 atom stereocenters. The van der Waals surface area contributed by atoms with E-state index < -0.39 is 17.3 Å². The van der Waals surface area contributed by atoms with Gasteiger partial charge in [-0.05, 0) is 13.0 Å². The van der Waals surface area contributed by atoms with Gasteiger partial charge in [-0.1, -0.05) is 11.6 Å². The van der Waals surface area contributed by atoms with Crippen molar-refractivity contribution < 1.29 is 17.9 Å². The molecule has 15 heavy (non-hydrogen) atoms. The van der Waals surface area contributed by atoms with Crippen molar-refractivity contribution in [2.24, 2.45) is 0 Å². The molecular weight excluding hydrogens is 231 g/mol. The summed E-state index contributed by atoms with van der Waals surface area (Å²) < 4.78 is 42.2. The average Bonchev–Trinajstić information content (AvgIpc) is 2.83. The number of epoxide rings is 1. The van der Waals surface area contributed by atoms with Crippen LogP contribution in [0, 0.1) is 0 Å². The molecular formula is C9H7ClF3NO. The molecule has 1 aromatic heterocycles. The molecule has 0 saturated carbocycles. The van der Waals surface area contributed by atoms with Gasteiger partial charge in [0.2, 0.25) is 0 Å². The van der Waals surface area contributed by atoms with Crippen LogP contribution in [0.2, 0.25) is 5.15 Å². The number of pyridine rings is 1. The summed E-state index contributed by atoms with van der Waals surface area (Å²) in [6.07, 6.45) is -3.69. The van der Waals surface area contributed by atoms with Gasteiger partial charge < -0.3 is 4.74 Å². The molecule has 1 unspecified atom stereocenters. The topological polar surface area (TPSA) is 25.4 Å². The largest absolute Gasteiger partial charge is 0.417 e. The van der Waals surface area contributed by atoms with E-state index >= 15 is 0 Å². The van der Waals surface area contributed by atoms with Crippen LogP contribution in [-0.4, -0.2) is 11.6 Å². The molecule has 0 aliphatic carbocycles. The third-order valence-electron chi connectivity index (χ3n) is 2.31. The number of halogens is 4. The zero-order valence-electron chi connectivity index (χ0n) is 7.73. The third-order valence-corrected chi connectivity index (χ3v) is 2.61. The Kier molecular flexibility index (Phi) is 2.20. The van der Waals surface area contributed by atoms with Crippen molar-refractivity contribution in [3.8, 4) is 0 Å². The molecule has 0 bridgehead atoms. The lowest BCUT2D eigenvalue weighted by molar-refractivity contribution is -0.137. The van der Waals surface area contributed by atoms with Crippen molar-refractivity contribution in [1.82, 2.24) is 4.98 Å². The van der Waals surface area contributed by atoms with Crippen LogP contribution in [0.1, 0.15) is 18.1 Å². The van der Waals surface area contributed by atoms with Gasteiger partial charge in [-0.25, -0.2) is 4.98 Å². The van der Waals surface area contributed by atoms with E-state index in [0.29, 0.717) is 12.2 Å². The van der Waals surface area contributed by atoms with Gasteiger partial charge in [-0.3, -0.25) is 0 Å². The van der Waals surface area contributed by atoms with Crippen LogP contribution < -0.4 is 0 Å². The Hall–Kier alpha value is -0.810. The maximum absolute atomic E-state index is 12.4. The van der Waals surface area contributed by atoms with Crippen LogP contribution in [0.5, 0.6) is 0 Å². The maximum atomic E-state index is 12.4. The molecule has 1 fully saturated rings. The summed E-state index contributed by atoms with van der Waals surface area (Å²) in [5, 5.41) is 0.0583. The van der Waals surface area contributed by atoms with Crippen LogP contribution in [0.4, 0.5) is 13.2 Å². The van der Waals surface area contributed by atoms with Crippen LogP contribution in [-0.2, 0) is 16.5 Å². The van der Waals surface area contributed by atoms with Gasteiger partial charge in [0.15, 0.2) is 0 Å². The Balaban J connectivity index is 2.47. The van der Waals surface area contributed by atoms with Crippen LogP contribution in [0.3, 0.4) is 0 Å². The molecule has 0 aromatic carbocycles. The fraction of sp³-hybridized carbons (Fsp3) is 0.444. The standard InChI is InChI=1S/C9H7ClF3NO/c1-8(4-15-8)6-2-5(9(11,12)13)3-14-7(6)10/h2-3H,4H2,1H3. The summed E-state index contributed by atoms with van der Waals surface area (Å²) in [6.45, 7) is 2.05. The highest BCUT2D eigenvalue weighted by atomic mass is 35.5. The van der Waals surface area contributed by atoms with Gasteiger partial charge >= 0.3 is 6.18 Å². The number of ether oxygens (including phenoxy) is 1. The molecule has 0 spiro atoms. The van der Waals surface area contributed by atoms with Crippen molar-refractivity contribution in [2.45, 2.75) is 18.7 Å². The predicted molar refractivity (Wildman–Crippen MR) is 47.6 cm³/mol. The second kappa shape index (κ2) is 3.09. The maximum Gasteiger partial charge on any atom is 0.417 e. The lowest BCUT2D eigenvalue weighted by Gasteiger charge is -2.11. The first-order valence-electron chi connectivity index (χ1n) is 4.20. The molecule has 0 N–H and O–H groups in total. The van der Waals surface area contributed by atoms with Gasteiger partial charge in [0, 0.05) is 11.8 Å². The molecule has 2 rings (SSSR count). The third kappa shape index (κ3) is 1.94. The normalized spacial score (nSPS) is 25.4. The Morgan fingerprint density at radius 2 is 2.13 bits per heavy atom. The number of hydrogen-bond donors (Lipinski definition) is 0. The van der Waals surface area contributed by atoms with Crippen molar-refractivity contribution in [1.29, 1.82) is 0 Å². The first-order chi connectivity index (χ1) is 6.83. The fourth-order valence-electron chi connectivity index (χ4n) is 1.24. The number of aromatic nitrogens is 1. The lowest BCUT2D eigenvalue weighted by Crippen LogP contribution is -2.11. The molecule has 1 aromatic rings. The monoisotopic (exact) mass is 237 g/mol. The van der Waals surface area contributed by atoms with Crippen molar-refractivity contribution in [2.75, 3.05) is 6.61 Å². The Morgan fingerprint density at radius 3 is 2.60 bits per heavy atom. The van der Waals surface area contributed by atoms with Crippen LogP contribution in [0.25, 0.3) is 0 Å². The quantitative estimate of drug-likeness (QED) is 0.554. The second-order valence-corrected chi connectivity index (χ2v) is 3.94. The highest BCUT2D eigenvalue weighted by molar-refractivity contribution is 6.30. The van der Waals surface area contributed by atoms with Crippen molar-refractivity contribution >= 4 is 11.6 Å². The Morgan fingerprint density at radius 1 is 1.53 bits per heavy atom. The fourth-order valence-corrected chi connectivity index (χ4v) is 1.54. The van der Waals surface area contributed by atoms with Crippen molar-refractivity contribution in [3.05, 3.63) is 28.5 Å². The summed E-state index contributed by atoms with van der Waals surface area (Å²) in [6, 6.07) is 0.988. The summed E-state index contributed by atoms with van der Waals surface area (Å²) >= 11 is 5.71. The van der Waals surface area contributed by atoms with E-state index in [2.05, 4.69) is 4.98 Å². The molecule has 2 heterocycles. The molecule has 1 aliphatic heterocycles. The molecule has 2 nitrogen and oxygen atoms in total. The van der Waals surface area contributed by atoms with E-state index in [-0.39, 0.29) is 5.15 Å². The van der Waals surface area contributed by atoms with Crippen molar-refractivity contribution in [3.63, 3.8) is 0 Å². The average molecular weight is 238 g/mol. The minimum absolute atomic E-state index is 0.0583. The number of rotatable bonds is 1. The minimum Gasteiger partial charge on any atom is -0.365 e. The second-order valence-electron chi connectivity index (χ2n) is 3.58. The Labute approximate surface area is 89.0 Å². The van der Waals surface area contributed by atoms with Crippen LogP contribution >= 0.6 is 11.6 Å². The molecule has 6 heteroatoms. The summed E-state index contributed by atoms with van der Waals surface area (Å²) in [7, 11) is 0. The lowest BCUT2D eigenvalue weighted by atomic mass is 10.0. The smallest absolute Gasteiger partial charge is 0.365 e. The Bertz CT molecular complexity index is 401. The van der Waals surface area contributed by atoms with Gasteiger partial charge in [0.05, 0.1) is 12.2 Å². The summed E-state index contributed by atoms with van der Waals surface area (Å²) in [5.74, 6) is 0. The molecule has 1 saturated heterocycles. The van der Waals surface area contributed by atoms with E-state index in [4.69, 9.17) is 16.3 Å². The first-order valence-corrected chi connectivity index (χ1v) is 4.58. The summed E-state index contributed by atoms with van der Waals surface area (Å²) in [5.41, 5.74) is -1.22. The number of hydrogen-bond acceptors (Lipinski definition) is 2. The molecule has 82 valence electrons. The van der Waals surface area contributed by atoms with Gasteiger partial charge in [-0.2, -0.15) is 13.2 Å². The number of alkyl halides is 3. The minimum atomic E-state index is -4.41. The highest BCUT2D eigenvalue weighted by Gasteiger charge is 2.44. The zero-order chi connectivity index (χ0) is 11.3. The van der Waals surface area contributed by atoms with E-state index in [1.165, 1.54) is 0 Å². The molecule has 0 radical (unpaired) electrons. The van der Waals surface area contributed by atoms with Gasteiger partial charge in [0.25, 0.3) is 0 Å². The number of nitrogens with zero attached hydrogens (tertiary/aromatic N) is 1. The van der Waals surface area contributed by atoms with Crippen LogP contribution in [0.15, 0.2) is 12.3 Å². The zero-order valence-corrected chi connectivity index (χ0v) is 8.49. The SMILES string of the molecule is CC1(c2cc(C(F)(F)F)cnc2Cl)CO1. The van der Waals surface area contributed by atoms with Gasteiger partial charge in [-0.15, -0.1) is 0 Å². The van der Waals surface area contributed by atoms with E-state index in [9.17, 15) is 13.2 Å².